The summed E-state index contributed by atoms with van der Waals surface area (Å²) in [6.45, 7) is 6.40. The molecule has 0 saturated heterocycles. The summed E-state index contributed by atoms with van der Waals surface area (Å²) in [6, 6.07) is 10.8. The number of rotatable bonds is 3. The van der Waals surface area contributed by atoms with Crippen molar-refractivity contribution in [3.8, 4) is 0 Å². The monoisotopic (exact) mass is 243 g/mol. The molecule has 1 aromatic carbocycles. The SMILES string of the molecule is Cc1ccnc(SCc2cc(C)ccc2C)c1. The van der Waals surface area contributed by atoms with Crippen LogP contribution in [0.15, 0.2) is 41.6 Å². The Kier molecular flexibility index (Phi) is 3.85. The van der Waals surface area contributed by atoms with E-state index >= 15 is 0 Å². The number of thioether (sulfide) groups is 1. The molecule has 0 N–H and O–H groups in total. The van der Waals surface area contributed by atoms with Crippen molar-refractivity contribution in [1.29, 1.82) is 0 Å². The topological polar surface area (TPSA) is 12.9 Å². The van der Waals surface area contributed by atoms with Gasteiger partial charge >= 0.3 is 0 Å². The second-order valence-corrected chi connectivity index (χ2v) is 5.39. The number of aryl methyl sites for hydroxylation is 3. The van der Waals surface area contributed by atoms with E-state index in [0.717, 1.165) is 10.8 Å². The van der Waals surface area contributed by atoms with Gasteiger partial charge in [0.2, 0.25) is 0 Å². The summed E-state index contributed by atoms with van der Waals surface area (Å²) in [5.74, 6) is 0.990. The average molecular weight is 243 g/mol. The van der Waals surface area contributed by atoms with Crippen LogP contribution in [0.25, 0.3) is 0 Å². The zero-order valence-electron chi connectivity index (χ0n) is 10.5. The van der Waals surface area contributed by atoms with Gasteiger partial charge < -0.3 is 0 Å². The number of hydrogen-bond acceptors (Lipinski definition) is 2. The molecule has 0 atom stereocenters. The Bertz CT molecular complexity index is 520. The highest BCUT2D eigenvalue weighted by Gasteiger charge is 2.01. The lowest BCUT2D eigenvalue weighted by atomic mass is 10.1. The van der Waals surface area contributed by atoms with Crippen molar-refractivity contribution < 1.29 is 0 Å². The lowest BCUT2D eigenvalue weighted by Crippen LogP contribution is -1.89. The highest BCUT2D eigenvalue weighted by atomic mass is 32.2. The molecule has 2 heteroatoms. The minimum absolute atomic E-state index is 0.990. The van der Waals surface area contributed by atoms with Crippen molar-refractivity contribution in [3.05, 3.63) is 58.8 Å². The van der Waals surface area contributed by atoms with Crippen LogP contribution in [0.2, 0.25) is 0 Å². The van der Waals surface area contributed by atoms with Gasteiger partial charge in [0.05, 0.1) is 5.03 Å². The minimum atomic E-state index is 0.990. The van der Waals surface area contributed by atoms with Crippen molar-refractivity contribution in [2.45, 2.75) is 31.6 Å². The van der Waals surface area contributed by atoms with E-state index in [2.05, 4.69) is 50.0 Å². The maximum atomic E-state index is 4.37. The molecule has 17 heavy (non-hydrogen) atoms. The molecular weight excluding hydrogens is 226 g/mol. The first-order chi connectivity index (χ1) is 8.15. The van der Waals surface area contributed by atoms with Crippen LogP contribution < -0.4 is 0 Å². The minimum Gasteiger partial charge on any atom is -0.250 e. The first kappa shape index (κ1) is 12.2. The van der Waals surface area contributed by atoms with E-state index in [-0.39, 0.29) is 0 Å². The molecule has 0 unspecified atom stereocenters. The largest absolute Gasteiger partial charge is 0.250 e. The van der Waals surface area contributed by atoms with Gasteiger partial charge in [0.25, 0.3) is 0 Å². The first-order valence-electron chi connectivity index (χ1n) is 5.77. The second kappa shape index (κ2) is 5.37. The van der Waals surface area contributed by atoms with E-state index in [1.165, 1.54) is 22.3 Å². The number of benzene rings is 1. The van der Waals surface area contributed by atoms with Crippen molar-refractivity contribution in [1.82, 2.24) is 4.98 Å². The average Bonchev–Trinajstić information content (AvgIpc) is 2.30. The second-order valence-electron chi connectivity index (χ2n) is 4.39. The molecule has 2 aromatic rings. The molecule has 0 fully saturated rings. The molecule has 2 rings (SSSR count). The third-order valence-electron chi connectivity index (χ3n) is 2.77. The molecule has 0 radical (unpaired) electrons. The van der Waals surface area contributed by atoms with Crippen LogP contribution in [-0.2, 0) is 5.75 Å². The number of pyridine rings is 1. The Morgan fingerprint density at radius 2 is 1.76 bits per heavy atom. The summed E-state index contributed by atoms with van der Waals surface area (Å²) in [7, 11) is 0. The molecule has 0 aliphatic heterocycles. The number of hydrogen-bond donors (Lipinski definition) is 0. The van der Waals surface area contributed by atoms with Gasteiger partial charge in [-0.25, -0.2) is 4.98 Å². The van der Waals surface area contributed by atoms with Gasteiger partial charge in [-0.1, -0.05) is 23.8 Å². The summed E-state index contributed by atoms with van der Waals surface area (Å²) >= 11 is 1.80. The molecular formula is C15H17NS. The standard InChI is InChI=1S/C15H17NS/c1-11-4-5-13(3)14(8-11)10-17-15-9-12(2)6-7-16-15/h4-9H,10H2,1-3H3. The molecule has 0 spiro atoms. The highest BCUT2D eigenvalue weighted by molar-refractivity contribution is 7.98. The van der Waals surface area contributed by atoms with Gasteiger partial charge in [0.1, 0.15) is 0 Å². The van der Waals surface area contributed by atoms with Gasteiger partial charge in [-0.2, -0.15) is 0 Å². The van der Waals surface area contributed by atoms with E-state index in [1.807, 2.05) is 12.3 Å². The Morgan fingerprint density at radius 1 is 1.00 bits per heavy atom. The fourth-order valence-corrected chi connectivity index (χ4v) is 2.71. The van der Waals surface area contributed by atoms with E-state index < -0.39 is 0 Å². The van der Waals surface area contributed by atoms with E-state index in [1.54, 1.807) is 11.8 Å². The van der Waals surface area contributed by atoms with E-state index in [9.17, 15) is 0 Å². The van der Waals surface area contributed by atoms with Crippen LogP contribution in [-0.4, -0.2) is 4.98 Å². The van der Waals surface area contributed by atoms with Gasteiger partial charge in [0.15, 0.2) is 0 Å². The molecule has 1 heterocycles. The molecule has 88 valence electrons. The molecule has 0 bridgehead atoms. The number of aromatic nitrogens is 1. The van der Waals surface area contributed by atoms with Crippen LogP contribution in [0.4, 0.5) is 0 Å². The Balaban J connectivity index is 2.09. The predicted molar refractivity (Wildman–Crippen MR) is 74.5 cm³/mol. The Hall–Kier alpha value is -1.28. The highest BCUT2D eigenvalue weighted by Crippen LogP contribution is 2.23. The molecule has 0 aliphatic rings. The van der Waals surface area contributed by atoms with Crippen molar-refractivity contribution in [2.75, 3.05) is 0 Å². The Morgan fingerprint density at radius 3 is 2.53 bits per heavy atom. The van der Waals surface area contributed by atoms with Gasteiger partial charge in [0, 0.05) is 11.9 Å². The van der Waals surface area contributed by atoms with Gasteiger partial charge in [-0.15, -0.1) is 11.8 Å². The summed E-state index contributed by atoms with van der Waals surface area (Å²) in [6.07, 6.45) is 1.88. The fraction of sp³-hybridized carbons (Fsp3) is 0.267. The maximum Gasteiger partial charge on any atom is 0.0965 e. The van der Waals surface area contributed by atoms with Crippen molar-refractivity contribution in [2.24, 2.45) is 0 Å². The van der Waals surface area contributed by atoms with Crippen LogP contribution in [0, 0.1) is 20.8 Å². The smallest absolute Gasteiger partial charge is 0.0965 e. The lowest BCUT2D eigenvalue weighted by Gasteiger charge is -2.06. The molecule has 0 aliphatic carbocycles. The molecule has 1 nitrogen and oxygen atoms in total. The Labute approximate surface area is 107 Å². The van der Waals surface area contributed by atoms with Crippen molar-refractivity contribution in [3.63, 3.8) is 0 Å². The summed E-state index contributed by atoms with van der Waals surface area (Å²) in [5, 5.41) is 1.10. The normalized spacial score (nSPS) is 10.5. The summed E-state index contributed by atoms with van der Waals surface area (Å²) in [4.78, 5) is 4.37. The van der Waals surface area contributed by atoms with Gasteiger partial charge in [-0.3, -0.25) is 0 Å². The van der Waals surface area contributed by atoms with Crippen LogP contribution >= 0.6 is 11.8 Å². The van der Waals surface area contributed by atoms with Crippen LogP contribution in [0.5, 0.6) is 0 Å². The summed E-state index contributed by atoms with van der Waals surface area (Å²) < 4.78 is 0. The van der Waals surface area contributed by atoms with E-state index in [4.69, 9.17) is 0 Å². The third kappa shape index (κ3) is 3.34. The molecule has 0 amide bonds. The fourth-order valence-electron chi connectivity index (χ4n) is 1.69. The van der Waals surface area contributed by atoms with Crippen LogP contribution in [0.3, 0.4) is 0 Å². The van der Waals surface area contributed by atoms with Gasteiger partial charge in [-0.05, 0) is 49.6 Å². The van der Waals surface area contributed by atoms with Crippen molar-refractivity contribution >= 4 is 11.8 Å². The third-order valence-corrected chi connectivity index (χ3v) is 3.74. The van der Waals surface area contributed by atoms with Crippen LogP contribution in [0.1, 0.15) is 22.3 Å². The quantitative estimate of drug-likeness (QED) is 0.745. The van der Waals surface area contributed by atoms with E-state index in [0.29, 0.717) is 0 Å². The predicted octanol–water partition coefficient (Wildman–Crippen LogP) is 4.30. The maximum absolute atomic E-state index is 4.37. The molecule has 1 aromatic heterocycles. The molecule has 0 saturated carbocycles. The zero-order chi connectivity index (χ0) is 12.3. The summed E-state index contributed by atoms with van der Waals surface area (Å²) in [5.41, 5.74) is 5.35. The number of nitrogens with zero attached hydrogens (tertiary/aromatic N) is 1. The lowest BCUT2D eigenvalue weighted by molar-refractivity contribution is 1.11. The first-order valence-corrected chi connectivity index (χ1v) is 6.75. The zero-order valence-corrected chi connectivity index (χ0v) is 11.3.